The molecule has 1 fully saturated rings. The molecule has 0 aliphatic heterocycles. The van der Waals surface area contributed by atoms with Gasteiger partial charge in [-0.15, -0.1) is 0 Å². The standard InChI is InChI=1S/C44H70/c1-10-16-18-19-20-21-25-38(14-5)44-30-36(9)43(33-39(44)15-6)42(31-37(22-12-3)23-13-4)32-41(24-17-11-2)35(8)27-26-34(7)40-28-29-40/h24,26-27,30-33,38,40H,10-23,25,28-29H2,1-9H3/b34-26-,35-27+,41-24-,42-32-. The van der Waals surface area contributed by atoms with Crippen molar-refractivity contribution in [1.82, 2.24) is 0 Å². The van der Waals surface area contributed by atoms with E-state index in [9.17, 15) is 0 Å². The Labute approximate surface area is 275 Å². The zero-order valence-corrected chi connectivity index (χ0v) is 30.7. The van der Waals surface area contributed by atoms with Gasteiger partial charge in [0.05, 0.1) is 0 Å². The van der Waals surface area contributed by atoms with Gasteiger partial charge in [-0.25, -0.2) is 0 Å². The summed E-state index contributed by atoms with van der Waals surface area (Å²) in [6.07, 6.45) is 34.1. The van der Waals surface area contributed by atoms with E-state index in [2.05, 4.69) is 105 Å². The summed E-state index contributed by atoms with van der Waals surface area (Å²) in [7, 11) is 0. The second-order valence-electron chi connectivity index (χ2n) is 13.8. The van der Waals surface area contributed by atoms with Crippen molar-refractivity contribution in [2.45, 2.75) is 177 Å². The summed E-state index contributed by atoms with van der Waals surface area (Å²) in [5.41, 5.74) is 13.4. The molecule has 0 nitrogen and oxygen atoms in total. The fourth-order valence-electron chi connectivity index (χ4n) is 6.68. The molecule has 0 bridgehead atoms. The van der Waals surface area contributed by atoms with Gasteiger partial charge in [-0.3, -0.25) is 0 Å². The Hall–Kier alpha value is -2.08. The lowest BCUT2D eigenvalue weighted by molar-refractivity contribution is 0.527. The van der Waals surface area contributed by atoms with Gasteiger partial charge in [-0.2, -0.15) is 0 Å². The average Bonchev–Trinajstić information content (AvgIpc) is 3.87. The van der Waals surface area contributed by atoms with Crippen LogP contribution in [0.5, 0.6) is 0 Å². The SMILES string of the molecule is CCC/C=C(/C=C(/C=C(CCC)CCC)c1cc(CC)c(C(CC)CCCCCCCC)cc1C)C(\C)=C\C=C(\C)C1CC1. The average molecular weight is 599 g/mol. The Morgan fingerprint density at radius 3 is 2.07 bits per heavy atom. The summed E-state index contributed by atoms with van der Waals surface area (Å²) in [4.78, 5) is 0. The molecule has 1 aromatic rings. The Kier molecular flexibility index (Phi) is 18.7. The van der Waals surface area contributed by atoms with Crippen LogP contribution in [0.25, 0.3) is 5.57 Å². The van der Waals surface area contributed by atoms with E-state index in [0.717, 1.165) is 18.8 Å². The second-order valence-corrected chi connectivity index (χ2v) is 13.8. The molecule has 2 rings (SSSR count). The summed E-state index contributed by atoms with van der Waals surface area (Å²) in [6.45, 7) is 21.0. The van der Waals surface area contributed by atoms with Crippen LogP contribution in [0.3, 0.4) is 0 Å². The van der Waals surface area contributed by atoms with Crippen molar-refractivity contribution in [2.75, 3.05) is 0 Å². The molecular formula is C44H70. The number of unbranched alkanes of at least 4 members (excludes halogenated alkanes) is 6. The predicted molar refractivity (Wildman–Crippen MR) is 201 cm³/mol. The first-order valence-electron chi connectivity index (χ1n) is 18.9. The van der Waals surface area contributed by atoms with E-state index in [1.165, 1.54) is 124 Å². The Bertz CT molecular complexity index is 1120. The second kappa shape index (κ2) is 21.6. The van der Waals surface area contributed by atoms with Crippen molar-refractivity contribution in [1.29, 1.82) is 0 Å². The normalized spacial score (nSPS) is 15.6. The highest BCUT2D eigenvalue weighted by Crippen LogP contribution is 2.37. The van der Waals surface area contributed by atoms with Gasteiger partial charge in [0.15, 0.2) is 0 Å². The van der Waals surface area contributed by atoms with Gasteiger partial charge in [0.25, 0.3) is 0 Å². The minimum absolute atomic E-state index is 0.675. The molecule has 44 heavy (non-hydrogen) atoms. The maximum atomic E-state index is 2.58. The van der Waals surface area contributed by atoms with Gasteiger partial charge in [0.1, 0.15) is 0 Å². The molecule has 0 saturated heterocycles. The number of rotatable bonds is 22. The summed E-state index contributed by atoms with van der Waals surface area (Å²) in [5, 5.41) is 0. The van der Waals surface area contributed by atoms with Crippen molar-refractivity contribution < 1.29 is 0 Å². The van der Waals surface area contributed by atoms with Gasteiger partial charge in [-0.05, 0) is 129 Å². The van der Waals surface area contributed by atoms with Crippen molar-refractivity contribution in [3.8, 4) is 0 Å². The molecule has 0 N–H and O–H groups in total. The lowest BCUT2D eigenvalue weighted by Gasteiger charge is -2.22. The van der Waals surface area contributed by atoms with Crippen molar-refractivity contribution in [3.63, 3.8) is 0 Å². The van der Waals surface area contributed by atoms with E-state index < -0.39 is 0 Å². The molecule has 1 aliphatic carbocycles. The van der Waals surface area contributed by atoms with Crippen LogP contribution >= 0.6 is 0 Å². The molecule has 1 unspecified atom stereocenters. The summed E-state index contributed by atoms with van der Waals surface area (Å²) in [6, 6.07) is 5.17. The van der Waals surface area contributed by atoms with Crippen molar-refractivity contribution >= 4 is 5.57 Å². The molecule has 0 heteroatoms. The van der Waals surface area contributed by atoms with Crippen LogP contribution in [0.15, 0.2) is 64.8 Å². The first-order valence-corrected chi connectivity index (χ1v) is 18.9. The summed E-state index contributed by atoms with van der Waals surface area (Å²) < 4.78 is 0. The quantitative estimate of drug-likeness (QED) is 0.0920. The molecule has 1 saturated carbocycles. The van der Waals surface area contributed by atoms with Crippen molar-refractivity contribution in [2.24, 2.45) is 5.92 Å². The Balaban J connectivity index is 2.59. The molecule has 1 aliphatic rings. The highest BCUT2D eigenvalue weighted by molar-refractivity contribution is 5.80. The number of hydrogen-bond acceptors (Lipinski definition) is 0. The first-order chi connectivity index (χ1) is 21.3. The third-order valence-corrected chi connectivity index (χ3v) is 9.76. The van der Waals surface area contributed by atoms with Gasteiger partial charge < -0.3 is 0 Å². The zero-order chi connectivity index (χ0) is 32.3. The van der Waals surface area contributed by atoms with E-state index in [0.29, 0.717) is 5.92 Å². The first kappa shape index (κ1) is 38.1. The van der Waals surface area contributed by atoms with E-state index >= 15 is 0 Å². The third kappa shape index (κ3) is 13.1. The van der Waals surface area contributed by atoms with Crippen molar-refractivity contribution in [3.05, 3.63) is 87.1 Å². The highest BCUT2D eigenvalue weighted by atomic mass is 14.3. The van der Waals surface area contributed by atoms with E-state index in [-0.39, 0.29) is 0 Å². The molecule has 1 atom stereocenters. The minimum Gasteiger partial charge on any atom is -0.0770 e. The van der Waals surface area contributed by atoms with E-state index in [1.54, 1.807) is 22.3 Å². The fourth-order valence-corrected chi connectivity index (χ4v) is 6.68. The summed E-state index contributed by atoms with van der Waals surface area (Å²) >= 11 is 0. The number of aryl methyl sites for hydroxylation is 2. The van der Waals surface area contributed by atoms with Crippen LogP contribution in [0, 0.1) is 12.8 Å². The maximum Gasteiger partial charge on any atom is -0.0152 e. The van der Waals surface area contributed by atoms with Gasteiger partial charge >= 0.3 is 0 Å². The van der Waals surface area contributed by atoms with Gasteiger partial charge in [0.2, 0.25) is 0 Å². The van der Waals surface area contributed by atoms with Gasteiger partial charge in [0, 0.05) is 0 Å². The molecule has 0 amide bonds. The maximum absolute atomic E-state index is 2.58. The molecule has 0 aromatic heterocycles. The highest BCUT2D eigenvalue weighted by Gasteiger charge is 2.22. The largest absolute Gasteiger partial charge is 0.0770 e. The summed E-state index contributed by atoms with van der Waals surface area (Å²) in [5.74, 6) is 1.50. The lowest BCUT2D eigenvalue weighted by Crippen LogP contribution is -2.05. The Morgan fingerprint density at radius 1 is 0.795 bits per heavy atom. The van der Waals surface area contributed by atoms with Crippen LogP contribution in [0.2, 0.25) is 0 Å². The fraction of sp³-hybridized carbons (Fsp3) is 0.636. The number of allylic oxidation sites excluding steroid dienone is 10. The van der Waals surface area contributed by atoms with Crippen LogP contribution in [0.1, 0.15) is 186 Å². The van der Waals surface area contributed by atoms with Crippen LogP contribution in [-0.2, 0) is 6.42 Å². The number of hydrogen-bond donors (Lipinski definition) is 0. The minimum atomic E-state index is 0.675. The smallest absolute Gasteiger partial charge is 0.0152 e. The molecule has 246 valence electrons. The number of benzene rings is 1. The molecule has 0 spiro atoms. The molecule has 0 radical (unpaired) electrons. The molecular weight excluding hydrogens is 528 g/mol. The van der Waals surface area contributed by atoms with E-state index in [4.69, 9.17) is 0 Å². The van der Waals surface area contributed by atoms with E-state index in [1.807, 2.05) is 0 Å². The molecule has 0 heterocycles. The van der Waals surface area contributed by atoms with Crippen LogP contribution in [-0.4, -0.2) is 0 Å². The Morgan fingerprint density at radius 2 is 1.48 bits per heavy atom. The topological polar surface area (TPSA) is 0 Å². The third-order valence-electron chi connectivity index (χ3n) is 9.76. The van der Waals surface area contributed by atoms with Crippen LogP contribution in [0.4, 0.5) is 0 Å². The lowest BCUT2D eigenvalue weighted by atomic mass is 9.83. The van der Waals surface area contributed by atoms with Gasteiger partial charge in [-0.1, -0.05) is 147 Å². The van der Waals surface area contributed by atoms with Crippen LogP contribution < -0.4 is 0 Å². The monoisotopic (exact) mass is 599 g/mol. The predicted octanol–water partition coefficient (Wildman–Crippen LogP) is 14.7. The zero-order valence-electron chi connectivity index (χ0n) is 30.7. The molecule has 1 aromatic carbocycles.